The first kappa shape index (κ1) is 28.9. The van der Waals surface area contributed by atoms with E-state index in [2.05, 4.69) is 179 Å². The summed E-state index contributed by atoms with van der Waals surface area (Å²) in [5, 5.41) is 3.85. The van der Waals surface area contributed by atoms with Crippen LogP contribution in [0, 0.1) is 0 Å². The highest BCUT2D eigenvalue weighted by molar-refractivity contribution is 6.06. The van der Waals surface area contributed by atoms with Gasteiger partial charge in [0.25, 0.3) is 0 Å². The van der Waals surface area contributed by atoms with Gasteiger partial charge in [-0.15, -0.1) is 0 Å². The Morgan fingerprint density at radius 2 is 1.12 bits per heavy atom. The second-order valence-corrected chi connectivity index (χ2v) is 12.7. The third-order valence-corrected chi connectivity index (χ3v) is 9.83. The maximum atomic E-state index is 4.17. The molecule has 0 atom stereocenters. The number of nitrogens with zero attached hydrogens (tertiary/aromatic N) is 2. The lowest BCUT2D eigenvalue weighted by atomic mass is 9.90. The monoisotopic (exact) mass is 626 g/mol. The van der Waals surface area contributed by atoms with Gasteiger partial charge in [0.15, 0.2) is 0 Å². The average molecular weight is 627 g/mol. The number of fused-ring (bicyclic) bond motifs is 4. The molecular formula is C47H34N2. The highest BCUT2D eigenvalue weighted by Gasteiger charge is 2.18. The van der Waals surface area contributed by atoms with Gasteiger partial charge in [0.2, 0.25) is 0 Å². The highest BCUT2D eigenvalue weighted by atomic mass is 15.0. The minimum absolute atomic E-state index is 1.02. The van der Waals surface area contributed by atoms with Crippen LogP contribution < -0.4 is 0 Å². The van der Waals surface area contributed by atoms with Gasteiger partial charge in [-0.1, -0.05) is 127 Å². The van der Waals surface area contributed by atoms with Crippen molar-refractivity contribution in [1.29, 1.82) is 0 Å². The van der Waals surface area contributed by atoms with E-state index in [1.165, 1.54) is 83.1 Å². The van der Waals surface area contributed by atoms with Gasteiger partial charge >= 0.3 is 0 Å². The quantitative estimate of drug-likeness (QED) is 0.186. The van der Waals surface area contributed by atoms with Crippen molar-refractivity contribution >= 4 is 27.8 Å². The van der Waals surface area contributed by atoms with Gasteiger partial charge in [-0.3, -0.25) is 4.98 Å². The smallest absolute Gasteiger partial charge is 0.0538 e. The fraction of sp³-hybridized carbons (Fsp3) is 0.0426. The summed E-state index contributed by atoms with van der Waals surface area (Å²) in [6, 6.07) is 53.1. The molecule has 2 aromatic heterocycles. The molecule has 0 spiro atoms. The molecule has 0 amide bonds. The van der Waals surface area contributed by atoms with Gasteiger partial charge in [0, 0.05) is 23.5 Å². The van der Waals surface area contributed by atoms with Crippen LogP contribution in [-0.4, -0.2) is 9.55 Å². The van der Waals surface area contributed by atoms with Gasteiger partial charge in [0.1, 0.15) is 0 Å². The normalized spacial score (nSPS) is 13.9. The first-order valence-electron chi connectivity index (χ1n) is 17.0. The topological polar surface area (TPSA) is 17.8 Å². The van der Waals surface area contributed by atoms with E-state index in [4.69, 9.17) is 0 Å². The van der Waals surface area contributed by atoms with E-state index in [1.54, 1.807) is 0 Å². The Morgan fingerprint density at radius 1 is 0.510 bits per heavy atom. The van der Waals surface area contributed by atoms with Crippen molar-refractivity contribution in [3.05, 3.63) is 187 Å². The first-order chi connectivity index (χ1) is 24.3. The molecule has 0 saturated heterocycles. The predicted molar refractivity (Wildman–Crippen MR) is 207 cm³/mol. The zero-order valence-electron chi connectivity index (χ0n) is 27.1. The SMILES string of the molecule is C1=C\CCc2c(n(-c3ccccc3)c3ccc(-c4ccc(-c5cccc6cccc(-c7ccc(-c8ccncc8)cc7)c56)cc4)cc23)\C=C/1. The molecule has 0 bridgehead atoms. The Kier molecular flexibility index (Phi) is 7.33. The molecule has 2 heteroatoms. The molecule has 0 N–H and O–H groups in total. The second kappa shape index (κ2) is 12.4. The van der Waals surface area contributed by atoms with E-state index >= 15 is 0 Å². The van der Waals surface area contributed by atoms with E-state index < -0.39 is 0 Å². The molecule has 0 radical (unpaired) electrons. The fourth-order valence-corrected chi connectivity index (χ4v) is 7.45. The van der Waals surface area contributed by atoms with E-state index in [9.17, 15) is 0 Å². The lowest BCUT2D eigenvalue weighted by molar-refractivity contribution is 0.984. The van der Waals surface area contributed by atoms with Crippen molar-refractivity contribution in [3.8, 4) is 50.2 Å². The molecule has 49 heavy (non-hydrogen) atoms. The van der Waals surface area contributed by atoms with Crippen LogP contribution in [-0.2, 0) is 6.42 Å². The van der Waals surface area contributed by atoms with Crippen molar-refractivity contribution in [2.45, 2.75) is 12.8 Å². The van der Waals surface area contributed by atoms with Crippen LogP contribution >= 0.6 is 0 Å². The maximum Gasteiger partial charge on any atom is 0.0538 e. The summed E-state index contributed by atoms with van der Waals surface area (Å²) in [5.74, 6) is 0. The van der Waals surface area contributed by atoms with Gasteiger partial charge in [-0.05, 0) is 116 Å². The molecule has 1 aliphatic carbocycles. The van der Waals surface area contributed by atoms with Crippen LogP contribution in [0.4, 0.5) is 0 Å². The van der Waals surface area contributed by atoms with Crippen LogP contribution in [0.2, 0.25) is 0 Å². The van der Waals surface area contributed by atoms with Gasteiger partial charge in [0.05, 0.1) is 11.2 Å². The third kappa shape index (κ3) is 5.28. The number of rotatable bonds is 5. The average Bonchev–Trinajstić information content (AvgIpc) is 3.46. The second-order valence-electron chi connectivity index (χ2n) is 12.7. The van der Waals surface area contributed by atoms with Crippen LogP contribution in [0.1, 0.15) is 17.7 Å². The van der Waals surface area contributed by atoms with Crippen LogP contribution in [0.3, 0.4) is 0 Å². The molecule has 232 valence electrons. The molecule has 6 aromatic carbocycles. The lowest BCUT2D eigenvalue weighted by Gasteiger charge is -2.14. The van der Waals surface area contributed by atoms with Crippen molar-refractivity contribution in [3.63, 3.8) is 0 Å². The van der Waals surface area contributed by atoms with E-state index in [0.717, 1.165) is 12.8 Å². The minimum atomic E-state index is 1.02. The standard InChI is InChI=1S/C47H34N2/c1-2-7-17-45-43(14-6-1)44-32-39(26-27-46(44)49(45)40-12-4-3-5-13-40)34-20-24-37(25-21-34)42-16-9-11-38-10-8-15-41(47(38)42)36-22-18-33(19-23-36)35-28-30-48-31-29-35/h1-5,7-13,15-32H,6,14H2/b2-1-,17-7-. The zero-order chi connectivity index (χ0) is 32.6. The summed E-state index contributed by atoms with van der Waals surface area (Å²) >= 11 is 0. The summed E-state index contributed by atoms with van der Waals surface area (Å²) in [6.07, 6.45) is 14.6. The minimum Gasteiger partial charge on any atom is -0.310 e. The molecule has 2 heterocycles. The molecule has 8 aromatic rings. The molecule has 1 aliphatic rings. The summed E-state index contributed by atoms with van der Waals surface area (Å²) in [7, 11) is 0. The lowest BCUT2D eigenvalue weighted by Crippen LogP contribution is -1.98. The van der Waals surface area contributed by atoms with Gasteiger partial charge in [-0.25, -0.2) is 0 Å². The first-order valence-corrected chi connectivity index (χ1v) is 17.0. The fourth-order valence-electron chi connectivity index (χ4n) is 7.45. The Hall–Kier alpha value is -6.25. The Labute approximate surface area is 287 Å². The molecule has 2 nitrogen and oxygen atoms in total. The zero-order valence-corrected chi connectivity index (χ0v) is 27.1. The number of hydrogen-bond acceptors (Lipinski definition) is 1. The molecule has 0 aliphatic heterocycles. The van der Waals surface area contributed by atoms with E-state index in [1.807, 2.05) is 12.4 Å². The molecule has 0 saturated carbocycles. The largest absolute Gasteiger partial charge is 0.310 e. The number of aromatic nitrogens is 2. The number of hydrogen-bond donors (Lipinski definition) is 0. The molecule has 9 rings (SSSR count). The van der Waals surface area contributed by atoms with E-state index in [-0.39, 0.29) is 0 Å². The summed E-state index contributed by atoms with van der Waals surface area (Å²) in [6.45, 7) is 0. The predicted octanol–water partition coefficient (Wildman–Crippen LogP) is 12.4. The van der Waals surface area contributed by atoms with Crippen LogP contribution in [0.5, 0.6) is 0 Å². The van der Waals surface area contributed by atoms with Crippen LogP contribution in [0.15, 0.2) is 176 Å². The Bertz CT molecular complexity index is 2490. The summed E-state index contributed by atoms with van der Waals surface area (Å²) < 4.78 is 2.41. The Morgan fingerprint density at radius 3 is 1.82 bits per heavy atom. The highest BCUT2D eigenvalue weighted by Crippen LogP contribution is 2.39. The molecule has 0 unspecified atom stereocenters. The molecule has 0 fully saturated rings. The van der Waals surface area contributed by atoms with Crippen molar-refractivity contribution in [2.24, 2.45) is 0 Å². The number of benzene rings is 6. The third-order valence-electron chi connectivity index (χ3n) is 9.83. The van der Waals surface area contributed by atoms with Crippen LogP contribution in [0.25, 0.3) is 77.9 Å². The van der Waals surface area contributed by atoms with Crippen molar-refractivity contribution < 1.29 is 0 Å². The number of para-hydroxylation sites is 1. The number of aryl methyl sites for hydroxylation is 1. The molecular weight excluding hydrogens is 593 g/mol. The van der Waals surface area contributed by atoms with Gasteiger partial charge < -0.3 is 4.57 Å². The Balaban J connectivity index is 1.10. The van der Waals surface area contributed by atoms with E-state index in [0.29, 0.717) is 0 Å². The van der Waals surface area contributed by atoms with Crippen molar-refractivity contribution in [1.82, 2.24) is 9.55 Å². The van der Waals surface area contributed by atoms with Gasteiger partial charge in [-0.2, -0.15) is 0 Å². The summed E-state index contributed by atoms with van der Waals surface area (Å²) in [5.41, 5.74) is 14.9. The summed E-state index contributed by atoms with van der Waals surface area (Å²) in [4.78, 5) is 4.17. The number of allylic oxidation sites excluding steroid dienone is 3. The van der Waals surface area contributed by atoms with Crippen molar-refractivity contribution in [2.75, 3.05) is 0 Å². The number of pyridine rings is 1. The maximum absolute atomic E-state index is 4.17.